The Labute approximate surface area is 104 Å². The van der Waals surface area contributed by atoms with E-state index in [4.69, 9.17) is 5.73 Å². The number of hydrogen-bond acceptors (Lipinski definition) is 3. The molecule has 3 heteroatoms. The van der Waals surface area contributed by atoms with E-state index in [-0.39, 0.29) is 11.6 Å². The lowest BCUT2D eigenvalue weighted by Gasteiger charge is -2.36. The fraction of sp³-hybridized carbons (Fsp3) is 0.500. The number of nitrogens with zero attached hydrogens (tertiary/aromatic N) is 2. The van der Waals surface area contributed by atoms with E-state index >= 15 is 0 Å². The molecule has 17 heavy (non-hydrogen) atoms. The summed E-state index contributed by atoms with van der Waals surface area (Å²) in [4.78, 5) is 6.66. The highest BCUT2D eigenvalue weighted by Gasteiger charge is 2.20. The van der Waals surface area contributed by atoms with Crippen LogP contribution in [0.1, 0.15) is 39.4 Å². The normalized spacial score (nSPS) is 13.2. The van der Waals surface area contributed by atoms with Crippen molar-refractivity contribution < 1.29 is 0 Å². The molecular formula is C14H23N3. The van der Waals surface area contributed by atoms with Crippen molar-refractivity contribution in [1.82, 2.24) is 4.98 Å². The Bertz CT molecular complexity index is 360. The third-order valence-corrected chi connectivity index (χ3v) is 2.67. The molecule has 1 rings (SSSR count). The molecule has 1 unspecified atom stereocenters. The van der Waals surface area contributed by atoms with Gasteiger partial charge in [-0.05, 0) is 39.8 Å². The van der Waals surface area contributed by atoms with Crippen LogP contribution in [0.2, 0.25) is 0 Å². The topological polar surface area (TPSA) is 42.1 Å². The van der Waals surface area contributed by atoms with E-state index in [2.05, 4.69) is 43.3 Å². The van der Waals surface area contributed by atoms with Crippen molar-refractivity contribution in [2.75, 3.05) is 11.4 Å². The second-order valence-corrected chi connectivity index (χ2v) is 5.30. The van der Waals surface area contributed by atoms with Crippen molar-refractivity contribution in [2.24, 2.45) is 5.73 Å². The van der Waals surface area contributed by atoms with Crippen LogP contribution in [-0.4, -0.2) is 17.1 Å². The number of hydrogen-bond donors (Lipinski definition) is 1. The van der Waals surface area contributed by atoms with Gasteiger partial charge in [-0.3, -0.25) is 4.98 Å². The van der Waals surface area contributed by atoms with E-state index in [1.165, 1.54) is 0 Å². The Balaban J connectivity index is 2.99. The van der Waals surface area contributed by atoms with Gasteiger partial charge < -0.3 is 10.6 Å². The first-order valence-corrected chi connectivity index (χ1v) is 5.96. The fourth-order valence-electron chi connectivity index (χ4n) is 1.72. The van der Waals surface area contributed by atoms with E-state index < -0.39 is 0 Å². The molecule has 1 heterocycles. The van der Waals surface area contributed by atoms with Gasteiger partial charge in [-0.25, -0.2) is 0 Å². The molecule has 2 N–H and O–H groups in total. The monoisotopic (exact) mass is 233 g/mol. The highest BCUT2D eigenvalue weighted by atomic mass is 15.2. The summed E-state index contributed by atoms with van der Waals surface area (Å²) in [5.74, 6) is 0. The molecule has 1 aromatic rings. The van der Waals surface area contributed by atoms with E-state index in [1.807, 2.05) is 25.3 Å². The van der Waals surface area contributed by atoms with Crippen molar-refractivity contribution in [3.05, 3.63) is 36.7 Å². The molecule has 0 saturated heterocycles. The molecule has 0 radical (unpaired) electrons. The van der Waals surface area contributed by atoms with Crippen LogP contribution >= 0.6 is 0 Å². The maximum atomic E-state index is 5.79. The maximum Gasteiger partial charge on any atom is 0.0569 e. The van der Waals surface area contributed by atoms with Gasteiger partial charge in [-0.2, -0.15) is 0 Å². The molecule has 0 fully saturated rings. The largest absolute Gasteiger partial charge is 0.362 e. The maximum absolute atomic E-state index is 5.79. The van der Waals surface area contributed by atoms with Crippen LogP contribution in [0.4, 0.5) is 5.69 Å². The van der Waals surface area contributed by atoms with Gasteiger partial charge in [-0.1, -0.05) is 6.08 Å². The lowest BCUT2D eigenvalue weighted by atomic mass is 10.0. The van der Waals surface area contributed by atoms with Crippen molar-refractivity contribution in [3.8, 4) is 0 Å². The van der Waals surface area contributed by atoms with E-state index in [0.29, 0.717) is 0 Å². The Morgan fingerprint density at radius 3 is 2.47 bits per heavy atom. The van der Waals surface area contributed by atoms with Crippen molar-refractivity contribution >= 4 is 5.69 Å². The molecular weight excluding hydrogens is 210 g/mol. The highest BCUT2D eigenvalue weighted by molar-refractivity contribution is 5.47. The minimum atomic E-state index is -0.0217. The standard InChI is InChI=1S/C14H23N3/c1-6-9-17(14(3,4)5)12-7-8-13(11(2)15)16-10-12/h6-8,10-11H,1,9,15H2,2-5H3. The Kier molecular flexibility index (Phi) is 4.29. The lowest BCUT2D eigenvalue weighted by Crippen LogP contribution is -2.41. The van der Waals surface area contributed by atoms with Gasteiger partial charge in [0.1, 0.15) is 0 Å². The summed E-state index contributed by atoms with van der Waals surface area (Å²) < 4.78 is 0. The Hall–Kier alpha value is -1.35. The molecule has 0 aliphatic rings. The molecule has 0 spiro atoms. The molecule has 0 amide bonds. The zero-order chi connectivity index (χ0) is 13.1. The zero-order valence-electron chi connectivity index (χ0n) is 11.3. The first-order valence-electron chi connectivity index (χ1n) is 5.96. The van der Waals surface area contributed by atoms with E-state index in [0.717, 1.165) is 17.9 Å². The minimum absolute atomic E-state index is 0.0217. The molecule has 1 aromatic heterocycles. The number of nitrogens with two attached hydrogens (primary N) is 1. The molecule has 1 atom stereocenters. The number of pyridine rings is 1. The van der Waals surface area contributed by atoms with Crippen LogP contribution in [0.25, 0.3) is 0 Å². The smallest absolute Gasteiger partial charge is 0.0569 e. The third-order valence-electron chi connectivity index (χ3n) is 2.67. The SMILES string of the molecule is C=CCN(c1ccc(C(C)N)nc1)C(C)(C)C. The van der Waals surface area contributed by atoms with Gasteiger partial charge in [0, 0.05) is 18.1 Å². The van der Waals surface area contributed by atoms with Crippen molar-refractivity contribution in [3.63, 3.8) is 0 Å². The summed E-state index contributed by atoms with van der Waals surface area (Å²) in [6.07, 6.45) is 3.79. The number of rotatable bonds is 4. The quantitative estimate of drug-likeness (QED) is 0.813. The predicted octanol–water partition coefficient (Wildman–Crippen LogP) is 2.89. The average Bonchev–Trinajstić information content (AvgIpc) is 2.24. The molecule has 3 nitrogen and oxygen atoms in total. The van der Waals surface area contributed by atoms with Crippen LogP contribution in [0.3, 0.4) is 0 Å². The summed E-state index contributed by atoms with van der Waals surface area (Å²) in [6, 6.07) is 4.04. The Morgan fingerprint density at radius 2 is 2.12 bits per heavy atom. The van der Waals surface area contributed by atoms with Crippen LogP contribution in [0, 0.1) is 0 Å². The highest BCUT2D eigenvalue weighted by Crippen LogP contribution is 2.23. The van der Waals surface area contributed by atoms with Crippen LogP contribution in [0.15, 0.2) is 31.0 Å². The Morgan fingerprint density at radius 1 is 1.47 bits per heavy atom. The summed E-state index contributed by atoms with van der Waals surface area (Å²) in [7, 11) is 0. The van der Waals surface area contributed by atoms with Crippen LogP contribution < -0.4 is 10.6 Å². The molecule has 0 aliphatic carbocycles. The summed E-state index contributed by atoms with van der Waals surface area (Å²) in [5.41, 5.74) is 7.86. The number of anilines is 1. The van der Waals surface area contributed by atoms with Crippen LogP contribution in [-0.2, 0) is 0 Å². The number of aromatic nitrogens is 1. The van der Waals surface area contributed by atoms with Gasteiger partial charge in [0.05, 0.1) is 17.6 Å². The molecule has 0 saturated carbocycles. The van der Waals surface area contributed by atoms with Gasteiger partial charge in [0.25, 0.3) is 0 Å². The van der Waals surface area contributed by atoms with E-state index in [9.17, 15) is 0 Å². The molecule has 0 aromatic carbocycles. The second kappa shape index (κ2) is 5.32. The van der Waals surface area contributed by atoms with Crippen LogP contribution in [0.5, 0.6) is 0 Å². The van der Waals surface area contributed by atoms with Gasteiger partial charge in [-0.15, -0.1) is 6.58 Å². The average molecular weight is 233 g/mol. The van der Waals surface area contributed by atoms with Gasteiger partial charge in [0.2, 0.25) is 0 Å². The second-order valence-electron chi connectivity index (χ2n) is 5.30. The fourth-order valence-corrected chi connectivity index (χ4v) is 1.72. The molecule has 0 aliphatic heterocycles. The minimum Gasteiger partial charge on any atom is -0.362 e. The first kappa shape index (κ1) is 13.7. The summed E-state index contributed by atoms with van der Waals surface area (Å²) in [5, 5.41) is 0. The predicted molar refractivity (Wildman–Crippen MR) is 74.1 cm³/mol. The van der Waals surface area contributed by atoms with Crippen molar-refractivity contribution in [1.29, 1.82) is 0 Å². The lowest BCUT2D eigenvalue weighted by molar-refractivity contribution is 0.521. The van der Waals surface area contributed by atoms with Crippen molar-refractivity contribution in [2.45, 2.75) is 39.3 Å². The third kappa shape index (κ3) is 3.56. The van der Waals surface area contributed by atoms with Gasteiger partial charge in [0.15, 0.2) is 0 Å². The first-order chi connectivity index (χ1) is 7.86. The molecule has 94 valence electrons. The summed E-state index contributed by atoms with van der Waals surface area (Å²) >= 11 is 0. The summed E-state index contributed by atoms with van der Waals surface area (Å²) in [6.45, 7) is 13.1. The van der Waals surface area contributed by atoms with E-state index in [1.54, 1.807) is 0 Å². The molecule has 0 bridgehead atoms. The zero-order valence-corrected chi connectivity index (χ0v) is 11.3. The van der Waals surface area contributed by atoms with Gasteiger partial charge >= 0.3 is 0 Å².